The quantitative estimate of drug-likeness (QED) is 0.530. The molecule has 4 nitrogen and oxygen atoms in total. The second kappa shape index (κ2) is 10.9. The molecule has 0 fully saturated rings. The molecular weight excluding hydrogens is 392 g/mol. The summed E-state index contributed by atoms with van der Waals surface area (Å²) in [5.74, 6) is 0. The van der Waals surface area contributed by atoms with Crippen molar-refractivity contribution in [1.82, 2.24) is 9.88 Å². The maximum absolute atomic E-state index is 11.0. The first kappa shape index (κ1) is 23.5. The molecule has 1 aromatic heterocycles. The van der Waals surface area contributed by atoms with Crippen LogP contribution in [0.4, 0.5) is 0 Å². The first-order valence-corrected chi connectivity index (χ1v) is 10.7. The van der Waals surface area contributed by atoms with E-state index in [1.54, 1.807) is 25.6 Å². The Morgan fingerprint density at radius 3 is 2.47 bits per heavy atom. The van der Waals surface area contributed by atoms with Gasteiger partial charge in [-0.3, -0.25) is 4.79 Å². The lowest BCUT2D eigenvalue weighted by Gasteiger charge is -2.27. The van der Waals surface area contributed by atoms with Gasteiger partial charge in [0.05, 0.1) is 15.6 Å². The summed E-state index contributed by atoms with van der Waals surface area (Å²) < 4.78 is 4.25. The summed E-state index contributed by atoms with van der Waals surface area (Å²) in [5, 5.41) is 1.08. The van der Waals surface area contributed by atoms with Crippen molar-refractivity contribution in [3.8, 4) is 10.4 Å². The van der Waals surface area contributed by atoms with Crippen molar-refractivity contribution in [3.05, 3.63) is 82.4 Å². The maximum Gasteiger partial charge on any atom is 0.150 e. The number of methoxy groups -OCH3 is 1. The van der Waals surface area contributed by atoms with Crippen LogP contribution in [-0.2, 0) is 9.53 Å². The molecule has 5 heteroatoms. The molecule has 0 bridgehead atoms. The normalized spacial score (nSPS) is 14.0. The third kappa shape index (κ3) is 5.23. The molecular formula is C25H30N2O2S. The number of benzene rings is 1. The summed E-state index contributed by atoms with van der Waals surface area (Å²) in [6, 6.07) is 8.50. The predicted octanol–water partition coefficient (Wildman–Crippen LogP) is 6.30. The zero-order chi connectivity index (χ0) is 22.3. The number of aromatic nitrogens is 1. The number of ether oxygens (including phenoxy) is 1. The predicted molar refractivity (Wildman–Crippen MR) is 127 cm³/mol. The molecule has 0 atom stereocenters. The largest absolute Gasteiger partial charge is 0.388 e. The first-order valence-electron chi connectivity index (χ1n) is 9.84. The van der Waals surface area contributed by atoms with Crippen LogP contribution in [0.15, 0.2) is 66.2 Å². The van der Waals surface area contributed by atoms with E-state index in [-0.39, 0.29) is 0 Å². The number of aldehydes is 1. The molecule has 0 saturated heterocycles. The Morgan fingerprint density at radius 2 is 1.93 bits per heavy atom. The summed E-state index contributed by atoms with van der Waals surface area (Å²) in [6.45, 7) is 12.5. The molecule has 0 spiro atoms. The summed E-state index contributed by atoms with van der Waals surface area (Å²) in [5.41, 5.74) is 7.31. The Morgan fingerprint density at radius 1 is 1.27 bits per heavy atom. The van der Waals surface area contributed by atoms with Crippen molar-refractivity contribution < 1.29 is 9.53 Å². The van der Waals surface area contributed by atoms with E-state index >= 15 is 0 Å². The molecule has 0 unspecified atom stereocenters. The van der Waals surface area contributed by atoms with Crippen LogP contribution in [0.25, 0.3) is 16.0 Å². The highest BCUT2D eigenvalue weighted by Crippen LogP contribution is 2.38. The minimum absolute atomic E-state index is 0.637. The lowest BCUT2D eigenvalue weighted by Crippen LogP contribution is -2.17. The van der Waals surface area contributed by atoms with E-state index in [1.165, 1.54) is 21.6 Å². The fourth-order valence-corrected chi connectivity index (χ4v) is 4.44. The van der Waals surface area contributed by atoms with Gasteiger partial charge in [-0.2, -0.15) is 0 Å². The number of thiazole rings is 1. The van der Waals surface area contributed by atoms with Gasteiger partial charge in [0, 0.05) is 43.0 Å². The van der Waals surface area contributed by atoms with Gasteiger partial charge >= 0.3 is 0 Å². The first-order chi connectivity index (χ1) is 14.4. The van der Waals surface area contributed by atoms with Crippen molar-refractivity contribution in [3.63, 3.8) is 0 Å². The van der Waals surface area contributed by atoms with Crippen LogP contribution >= 0.6 is 11.3 Å². The molecule has 1 aromatic carbocycles. The molecule has 3 rings (SSSR count). The van der Waals surface area contributed by atoms with Gasteiger partial charge in [0.1, 0.15) is 6.29 Å². The average molecular weight is 423 g/mol. The van der Waals surface area contributed by atoms with Crippen molar-refractivity contribution in [2.24, 2.45) is 0 Å². The third-order valence-electron chi connectivity index (χ3n) is 4.75. The number of hydrogen-bond donors (Lipinski definition) is 0. The van der Waals surface area contributed by atoms with Gasteiger partial charge in [-0.25, -0.2) is 4.98 Å². The molecule has 30 heavy (non-hydrogen) atoms. The Labute approximate surface area is 183 Å². The number of allylic oxidation sites excluding steroid dienone is 5. The van der Waals surface area contributed by atoms with Crippen LogP contribution in [0.1, 0.15) is 36.5 Å². The number of aryl methyl sites for hydroxylation is 2. The number of rotatable bonds is 5. The van der Waals surface area contributed by atoms with Crippen LogP contribution in [0, 0.1) is 13.8 Å². The zero-order valence-electron chi connectivity index (χ0n) is 18.7. The molecule has 0 aliphatic carbocycles. The summed E-state index contributed by atoms with van der Waals surface area (Å²) in [4.78, 5) is 18.9. The summed E-state index contributed by atoms with van der Waals surface area (Å²) in [7, 11) is 3.25. The van der Waals surface area contributed by atoms with Crippen LogP contribution in [0.5, 0.6) is 0 Å². The minimum atomic E-state index is 0.637. The van der Waals surface area contributed by atoms with Gasteiger partial charge in [0.15, 0.2) is 0 Å². The van der Waals surface area contributed by atoms with E-state index in [2.05, 4.69) is 61.3 Å². The van der Waals surface area contributed by atoms with Crippen LogP contribution in [0.3, 0.4) is 0 Å². The lowest BCUT2D eigenvalue weighted by atomic mass is 9.94. The summed E-state index contributed by atoms with van der Waals surface area (Å²) in [6.07, 6.45) is 7.29. The van der Waals surface area contributed by atoms with Crippen molar-refractivity contribution >= 4 is 23.2 Å². The van der Waals surface area contributed by atoms with E-state index in [4.69, 9.17) is 0 Å². The monoisotopic (exact) mass is 422 g/mol. The van der Waals surface area contributed by atoms with E-state index < -0.39 is 0 Å². The van der Waals surface area contributed by atoms with E-state index in [1.807, 2.05) is 30.2 Å². The van der Waals surface area contributed by atoms with Crippen molar-refractivity contribution in [2.75, 3.05) is 14.2 Å². The molecule has 0 saturated carbocycles. The molecule has 2 heterocycles. The van der Waals surface area contributed by atoms with Crippen molar-refractivity contribution in [2.45, 2.75) is 34.1 Å². The molecule has 0 N–H and O–H groups in total. The fourth-order valence-electron chi connectivity index (χ4n) is 3.48. The third-order valence-corrected chi connectivity index (χ3v) is 5.85. The van der Waals surface area contributed by atoms with E-state index in [0.717, 1.165) is 34.8 Å². The second-order valence-electron chi connectivity index (χ2n) is 6.96. The molecule has 1 aliphatic heterocycles. The SMILES string of the molecule is C=C1C=C(C=O)C=CN1/C(C)=C(\CC)c1ccccc1-c1sc(C)nc1C.COC. The van der Waals surface area contributed by atoms with Gasteiger partial charge in [-0.05, 0) is 50.5 Å². The Balaban J connectivity index is 0.00000101. The highest BCUT2D eigenvalue weighted by molar-refractivity contribution is 7.15. The van der Waals surface area contributed by atoms with Crippen LogP contribution < -0.4 is 0 Å². The van der Waals surface area contributed by atoms with Gasteiger partial charge in [-0.1, -0.05) is 37.8 Å². The lowest BCUT2D eigenvalue weighted by molar-refractivity contribution is -0.104. The smallest absolute Gasteiger partial charge is 0.150 e. The highest BCUT2D eigenvalue weighted by atomic mass is 32.1. The molecule has 0 radical (unpaired) electrons. The molecule has 2 aromatic rings. The minimum Gasteiger partial charge on any atom is -0.388 e. The Kier molecular flexibility index (Phi) is 8.51. The van der Waals surface area contributed by atoms with Gasteiger partial charge in [-0.15, -0.1) is 11.3 Å². The number of carbonyl (C=O) groups is 1. The summed E-state index contributed by atoms with van der Waals surface area (Å²) >= 11 is 1.73. The van der Waals surface area contributed by atoms with Crippen molar-refractivity contribution in [1.29, 1.82) is 0 Å². The van der Waals surface area contributed by atoms with Crippen LogP contribution in [-0.4, -0.2) is 30.4 Å². The molecule has 1 aliphatic rings. The van der Waals surface area contributed by atoms with Gasteiger partial charge in [0.25, 0.3) is 0 Å². The second-order valence-corrected chi connectivity index (χ2v) is 8.16. The molecule has 0 amide bonds. The zero-order valence-corrected chi connectivity index (χ0v) is 19.5. The van der Waals surface area contributed by atoms with E-state index in [9.17, 15) is 4.79 Å². The molecule has 158 valence electrons. The Hall–Kier alpha value is -2.76. The van der Waals surface area contributed by atoms with Gasteiger partial charge < -0.3 is 9.64 Å². The van der Waals surface area contributed by atoms with E-state index in [0.29, 0.717) is 5.57 Å². The maximum atomic E-state index is 11.0. The number of hydrogen-bond acceptors (Lipinski definition) is 5. The highest BCUT2D eigenvalue weighted by Gasteiger charge is 2.18. The van der Waals surface area contributed by atoms with Gasteiger partial charge in [0.2, 0.25) is 0 Å². The number of nitrogens with zero attached hydrogens (tertiary/aromatic N) is 2. The number of carbonyl (C=O) groups excluding carboxylic acids is 1. The van der Waals surface area contributed by atoms with Crippen LogP contribution in [0.2, 0.25) is 0 Å². The topological polar surface area (TPSA) is 42.4 Å². The Bertz CT molecular complexity index is 1010. The average Bonchev–Trinajstić information content (AvgIpc) is 3.07. The fraction of sp³-hybridized carbons (Fsp3) is 0.280. The standard InChI is InChI=1S/C23H24N2OS.C2H6O/c1-6-20(17(4)25-12-11-19(14-26)13-15(25)2)21-9-7-8-10-22(21)23-16(3)24-18(5)27-23;1-3-2/h7-14H,2,6H2,1,3-5H3;1-2H3/b20-17+;.